The van der Waals surface area contributed by atoms with Crippen LogP contribution in [-0.4, -0.2) is 26.4 Å². The quantitative estimate of drug-likeness (QED) is 0.341. The third-order valence-electron chi connectivity index (χ3n) is 5.13. The van der Waals surface area contributed by atoms with Crippen molar-refractivity contribution < 1.29 is 14.3 Å². The van der Waals surface area contributed by atoms with Crippen LogP contribution in [0.2, 0.25) is 0 Å². The minimum atomic E-state index is -0.462. The monoisotopic (exact) mass is 473 g/mol. The standard InChI is InChI=1S/C24H19N5O4S/c1-2-20-26-29-21(30)13-16(25-24(29)34-20)14-33-18-10-8-15(9-11-18)12-19-22(31)27-28(23(19)32)17-6-4-3-5-7-17/h3-13H,2,14H2,1H3,(H,27,31)/b19-12+. The van der Waals surface area contributed by atoms with Gasteiger partial charge in [-0.1, -0.05) is 48.6 Å². The summed E-state index contributed by atoms with van der Waals surface area (Å²) in [5, 5.41) is 6.30. The molecule has 2 amide bonds. The van der Waals surface area contributed by atoms with Crippen LogP contribution in [0.1, 0.15) is 23.2 Å². The number of fused-ring (bicyclic) bond motifs is 1. The van der Waals surface area contributed by atoms with Gasteiger partial charge in [0.1, 0.15) is 22.9 Å². The highest BCUT2D eigenvalue weighted by Gasteiger charge is 2.34. The molecule has 0 saturated carbocycles. The van der Waals surface area contributed by atoms with Crippen LogP contribution in [0.5, 0.6) is 5.75 Å². The van der Waals surface area contributed by atoms with Crippen molar-refractivity contribution in [2.24, 2.45) is 0 Å². The number of nitrogens with one attached hydrogen (secondary N) is 1. The zero-order chi connectivity index (χ0) is 23.7. The van der Waals surface area contributed by atoms with Crippen LogP contribution in [0.25, 0.3) is 11.0 Å². The average Bonchev–Trinajstić information content (AvgIpc) is 3.40. The van der Waals surface area contributed by atoms with Gasteiger partial charge in [0, 0.05) is 6.07 Å². The van der Waals surface area contributed by atoms with Crippen molar-refractivity contribution in [3.8, 4) is 5.75 Å². The zero-order valence-electron chi connectivity index (χ0n) is 18.1. The number of aryl methyl sites for hydroxylation is 1. The van der Waals surface area contributed by atoms with Gasteiger partial charge in [0.05, 0.1) is 11.4 Å². The molecule has 0 atom stereocenters. The van der Waals surface area contributed by atoms with E-state index in [1.165, 1.54) is 33.0 Å². The number of nitrogens with zero attached hydrogens (tertiary/aromatic N) is 4. The molecule has 9 nitrogen and oxygen atoms in total. The predicted molar refractivity (Wildman–Crippen MR) is 127 cm³/mol. The molecule has 10 heteroatoms. The summed E-state index contributed by atoms with van der Waals surface area (Å²) in [4.78, 5) is 42.3. The number of rotatable bonds is 6. The lowest BCUT2D eigenvalue weighted by Gasteiger charge is -2.13. The second-order valence-electron chi connectivity index (χ2n) is 7.46. The Morgan fingerprint density at radius 3 is 2.56 bits per heavy atom. The Morgan fingerprint density at radius 2 is 1.82 bits per heavy atom. The second-order valence-corrected chi connectivity index (χ2v) is 8.50. The molecule has 2 aromatic carbocycles. The van der Waals surface area contributed by atoms with Crippen LogP contribution in [-0.2, 0) is 22.6 Å². The van der Waals surface area contributed by atoms with E-state index in [0.717, 1.165) is 11.4 Å². The van der Waals surface area contributed by atoms with E-state index in [-0.39, 0.29) is 17.7 Å². The lowest BCUT2D eigenvalue weighted by atomic mass is 10.1. The van der Waals surface area contributed by atoms with Crippen molar-refractivity contribution in [1.29, 1.82) is 0 Å². The molecule has 0 spiro atoms. The lowest BCUT2D eigenvalue weighted by Crippen LogP contribution is -2.35. The van der Waals surface area contributed by atoms with Crippen molar-refractivity contribution in [1.82, 2.24) is 20.0 Å². The largest absolute Gasteiger partial charge is 0.487 e. The fraction of sp³-hybridized carbons (Fsp3) is 0.125. The summed E-state index contributed by atoms with van der Waals surface area (Å²) in [6.45, 7) is 2.10. The van der Waals surface area contributed by atoms with Gasteiger partial charge in [-0.05, 0) is 42.3 Å². The van der Waals surface area contributed by atoms with Gasteiger partial charge >= 0.3 is 0 Å². The summed E-state index contributed by atoms with van der Waals surface area (Å²) in [5.74, 6) is -0.314. The van der Waals surface area contributed by atoms with Gasteiger partial charge in [0.25, 0.3) is 17.4 Å². The van der Waals surface area contributed by atoms with E-state index in [4.69, 9.17) is 4.74 Å². The molecule has 0 radical (unpaired) electrons. The van der Waals surface area contributed by atoms with Gasteiger partial charge in [0.2, 0.25) is 4.96 Å². The molecule has 34 heavy (non-hydrogen) atoms. The molecule has 2 aromatic heterocycles. The Labute approximate surface area is 197 Å². The van der Waals surface area contributed by atoms with Crippen molar-refractivity contribution in [2.75, 3.05) is 5.01 Å². The maximum Gasteiger partial charge on any atom is 0.282 e. The van der Waals surface area contributed by atoms with Gasteiger partial charge in [-0.3, -0.25) is 19.8 Å². The van der Waals surface area contributed by atoms with E-state index < -0.39 is 11.8 Å². The predicted octanol–water partition coefficient (Wildman–Crippen LogP) is 2.75. The van der Waals surface area contributed by atoms with Crippen LogP contribution in [0.15, 0.2) is 71.0 Å². The number of aromatic nitrogens is 3. The first-order chi connectivity index (χ1) is 16.5. The molecule has 1 N–H and O–H groups in total. The molecule has 0 unspecified atom stereocenters. The molecule has 1 aliphatic heterocycles. The number of carbonyl (C=O) groups excluding carboxylic acids is 2. The Balaban J connectivity index is 1.28. The van der Waals surface area contributed by atoms with Crippen LogP contribution in [0.4, 0.5) is 5.69 Å². The van der Waals surface area contributed by atoms with Crippen LogP contribution < -0.4 is 20.7 Å². The highest BCUT2D eigenvalue weighted by Crippen LogP contribution is 2.22. The van der Waals surface area contributed by atoms with E-state index >= 15 is 0 Å². The normalized spacial score (nSPS) is 14.7. The number of benzene rings is 2. The van der Waals surface area contributed by atoms with Gasteiger partial charge < -0.3 is 4.74 Å². The maximum absolute atomic E-state index is 12.7. The number of hydrazine groups is 1. The summed E-state index contributed by atoms with van der Waals surface area (Å²) in [5.41, 5.74) is 4.15. The highest BCUT2D eigenvalue weighted by molar-refractivity contribution is 7.16. The summed E-state index contributed by atoms with van der Waals surface area (Å²) < 4.78 is 7.07. The fourth-order valence-corrected chi connectivity index (χ4v) is 4.27. The van der Waals surface area contributed by atoms with Gasteiger partial charge in [-0.15, -0.1) is 0 Å². The molecule has 4 aromatic rings. The van der Waals surface area contributed by atoms with Gasteiger partial charge in [-0.25, -0.2) is 9.99 Å². The van der Waals surface area contributed by atoms with E-state index in [1.54, 1.807) is 48.5 Å². The summed E-state index contributed by atoms with van der Waals surface area (Å²) in [6, 6.07) is 17.3. The SMILES string of the molecule is CCc1nn2c(=O)cc(COc3ccc(/C=C4\C(=O)NN(c5ccccc5)C4=O)cc3)nc2s1. The van der Waals surface area contributed by atoms with Crippen LogP contribution >= 0.6 is 11.3 Å². The highest BCUT2D eigenvalue weighted by atomic mass is 32.1. The average molecular weight is 474 g/mol. The molecule has 1 aliphatic rings. The number of ether oxygens (including phenoxy) is 1. The molecule has 5 rings (SSSR count). The smallest absolute Gasteiger partial charge is 0.282 e. The minimum absolute atomic E-state index is 0.0477. The lowest BCUT2D eigenvalue weighted by molar-refractivity contribution is -0.117. The molecule has 0 aliphatic carbocycles. The Hall–Kier alpha value is -4.31. The van der Waals surface area contributed by atoms with E-state index in [1.807, 2.05) is 13.0 Å². The maximum atomic E-state index is 12.7. The molecular weight excluding hydrogens is 454 g/mol. The molecule has 1 saturated heterocycles. The number of hydrogen-bond acceptors (Lipinski definition) is 7. The van der Waals surface area contributed by atoms with Gasteiger partial charge in [0.15, 0.2) is 0 Å². The first kappa shape index (κ1) is 21.5. The molecule has 0 bridgehead atoms. The number of carbonyl (C=O) groups is 2. The third kappa shape index (κ3) is 4.18. The van der Waals surface area contributed by atoms with E-state index in [0.29, 0.717) is 27.7 Å². The Morgan fingerprint density at radius 1 is 1.06 bits per heavy atom. The summed E-state index contributed by atoms with van der Waals surface area (Å²) in [6.07, 6.45) is 2.27. The Bertz CT molecular complexity index is 1480. The summed E-state index contributed by atoms with van der Waals surface area (Å²) >= 11 is 1.38. The second kappa shape index (κ2) is 8.91. The number of hydrogen-bond donors (Lipinski definition) is 1. The first-order valence-electron chi connectivity index (χ1n) is 10.6. The van der Waals surface area contributed by atoms with Crippen molar-refractivity contribution in [3.63, 3.8) is 0 Å². The number of anilines is 1. The molecule has 170 valence electrons. The zero-order valence-corrected chi connectivity index (χ0v) is 18.9. The number of amides is 2. The first-order valence-corrected chi connectivity index (χ1v) is 11.4. The van der Waals surface area contributed by atoms with Crippen molar-refractivity contribution in [3.05, 3.63) is 92.9 Å². The van der Waals surface area contributed by atoms with E-state index in [9.17, 15) is 14.4 Å². The van der Waals surface area contributed by atoms with Gasteiger partial charge in [-0.2, -0.15) is 9.61 Å². The van der Waals surface area contributed by atoms with E-state index in [2.05, 4.69) is 15.5 Å². The van der Waals surface area contributed by atoms with Crippen LogP contribution in [0.3, 0.4) is 0 Å². The molecule has 3 heterocycles. The molecule has 1 fully saturated rings. The van der Waals surface area contributed by atoms with Crippen molar-refractivity contribution >= 4 is 39.9 Å². The van der Waals surface area contributed by atoms with Crippen LogP contribution in [0, 0.1) is 0 Å². The van der Waals surface area contributed by atoms with Crippen molar-refractivity contribution in [2.45, 2.75) is 20.0 Å². The third-order valence-corrected chi connectivity index (χ3v) is 6.18. The topological polar surface area (TPSA) is 106 Å². The molecular formula is C24H19N5O4S. The minimum Gasteiger partial charge on any atom is -0.487 e. The number of para-hydroxylation sites is 1. The summed E-state index contributed by atoms with van der Waals surface area (Å²) in [7, 11) is 0. The fourth-order valence-electron chi connectivity index (χ4n) is 3.41. The Kier molecular flexibility index (Phi) is 5.64.